The molecule has 0 aliphatic heterocycles. The van der Waals surface area contributed by atoms with Crippen molar-refractivity contribution in [2.45, 2.75) is 13.0 Å². The second kappa shape index (κ2) is 5.64. The maximum atomic E-state index is 9.00. The van der Waals surface area contributed by atoms with Gasteiger partial charge in [0.05, 0.1) is 11.6 Å². The van der Waals surface area contributed by atoms with E-state index < -0.39 is 0 Å². The lowest BCUT2D eigenvalue weighted by atomic mass is 10.0. The fraction of sp³-hybridized carbons (Fsp3) is 0.111. The zero-order chi connectivity index (χ0) is 14.7. The lowest BCUT2D eigenvalue weighted by molar-refractivity contribution is 0.886. The maximum absolute atomic E-state index is 9.00. The SMILES string of the molecule is CC(Nc1cccc2ccncc12)c1cccc(C#N)c1. The third-order valence-electron chi connectivity index (χ3n) is 3.57. The van der Waals surface area contributed by atoms with Crippen molar-refractivity contribution in [3.8, 4) is 6.07 Å². The maximum Gasteiger partial charge on any atom is 0.0991 e. The smallest absolute Gasteiger partial charge is 0.0991 e. The van der Waals surface area contributed by atoms with Gasteiger partial charge in [0.25, 0.3) is 0 Å². The standard InChI is InChI=1S/C18H15N3/c1-13(16-6-2-4-14(10-16)11-19)21-18-7-3-5-15-8-9-20-12-17(15)18/h2-10,12-13,21H,1H3. The van der Waals surface area contributed by atoms with Crippen LogP contribution >= 0.6 is 0 Å². The van der Waals surface area contributed by atoms with E-state index in [1.54, 1.807) is 6.20 Å². The summed E-state index contributed by atoms with van der Waals surface area (Å²) in [6, 6.07) is 18.1. The van der Waals surface area contributed by atoms with Gasteiger partial charge in [0.15, 0.2) is 0 Å². The molecule has 3 rings (SSSR count). The molecule has 0 saturated heterocycles. The summed E-state index contributed by atoms with van der Waals surface area (Å²) in [4.78, 5) is 4.20. The Hall–Kier alpha value is -2.86. The Morgan fingerprint density at radius 3 is 2.86 bits per heavy atom. The van der Waals surface area contributed by atoms with Crippen molar-refractivity contribution in [1.82, 2.24) is 4.98 Å². The monoisotopic (exact) mass is 273 g/mol. The Balaban J connectivity index is 1.93. The first-order valence-electron chi connectivity index (χ1n) is 6.87. The molecule has 1 N–H and O–H groups in total. The summed E-state index contributed by atoms with van der Waals surface area (Å²) in [6.45, 7) is 2.09. The molecule has 0 amide bonds. The molecule has 102 valence electrons. The molecular weight excluding hydrogens is 258 g/mol. The van der Waals surface area contributed by atoms with Crippen LogP contribution in [0.4, 0.5) is 5.69 Å². The van der Waals surface area contributed by atoms with Crippen molar-refractivity contribution in [3.63, 3.8) is 0 Å². The molecule has 1 heterocycles. The van der Waals surface area contributed by atoms with Gasteiger partial charge in [-0.2, -0.15) is 5.26 Å². The van der Waals surface area contributed by atoms with Crippen LogP contribution in [0.5, 0.6) is 0 Å². The van der Waals surface area contributed by atoms with E-state index in [1.807, 2.05) is 42.6 Å². The number of nitriles is 1. The molecule has 0 aliphatic rings. The van der Waals surface area contributed by atoms with Crippen LogP contribution in [0.2, 0.25) is 0 Å². The van der Waals surface area contributed by atoms with Crippen LogP contribution < -0.4 is 5.32 Å². The summed E-state index contributed by atoms with van der Waals surface area (Å²) in [5, 5.41) is 14.8. The molecule has 2 aromatic carbocycles. The van der Waals surface area contributed by atoms with Crippen molar-refractivity contribution in [3.05, 3.63) is 72.1 Å². The molecule has 0 fully saturated rings. The number of hydrogen-bond donors (Lipinski definition) is 1. The Morgan fingerprint density at radius 2 is 2.00 bits per heavy atom. The fourth-order valence-electron chi connectivity index (χ4n) is 2.43. The number of fused-ring (bicyclic) bond motifs is 1. The molecule has 3 aromatic rings. The second-order valence-electron chi connectivity index (χ2n) is 5.01. The van der Waals surface area contributed by atoms with Crippen molar-refractivity contribution >= 4 is 16.5 Å². The van der Waals surface area contributed by atoms with E-state index >= 15 is 0 Å². The minimum atomic E-state index is 0.115. The highest BCUT2D eigenvalue weighted by atomic mass is 14.9. The van der Waals surface area contributed by atoms with E-state index in [-0.39, 0.29) is 6.04 Å². The Morgan fingerprint density at radius 1 is 1.14 bits per heavy atom. The topological polar surface area (TPSA) is 48.7 Å². The molecule has 3 nitrogen and oxygen atoms in total. The number of anilines is 1. The largest absolute Gasteiger partial charge is 0.378 e. The number of hydrogen-bond acceptors (Lipinski definition) is 3. The van der Waals surface area contributed by atoms with Crippen LogP contribution in [-0.4, -0.2) is 4.98 Å². The van der Waals surface area contributed by atoms with Crippen LogP contribution in [0.25, 0.3) is 10.8 Å². The number of nitrogens with one attached hydrogen (secondary N) is 1. The molecule has 1 unspecified atom stereocenters. The van der Waals surface area contributed by atoms with E-state index in [1.165, 1.54) is 0 Å². The van der Waals surface area contributed by atoms with Crippen LogP contribution in [0.15, 0.2) is 60.9 Å². The highest BCUT2D eigenvalue weighted by Crippen LogP contribution is 2.26. The van der Waals surface area contributed by atoms with Gasteiger partial charge in [-0.05, 0) is 42.1 Å². The molecule has 0 spiro atoms. The highest BCUT2D eigenvalue weighted by Gasteiger charge is 2.08. The van der Waals surface area contributed by atoms with Gasteiger partial charge in [-0.25, -0.2) is 0 Å². The average Bonchev–Trinajstić information content (AvgIpc) is 2.55. The molecule has 1 aromatic heterocycles. The summed E-state index contributed by atoms with van der Waals surface area (Å²) < 4.78 is 0. The van der Waals surface area contributed by atoms with E-state index in [0.717, 1.165) is 22.0 Å². The summed E-state index contributed by atoms with van der Waals surface area (Å²) >= 11 is 0. The highest BCUT2D eigenvalue weighted by molar-refractivity contribution is 5.93. The lowest BCUT2D eigenvalue weighted by Crippen LogP contribution is -2.07. The van der Waals surface area contributed by atoms with Crippen molar-refractivity contribution < 1.29 is 0 Å². The molecule has 3 heteroatoms. The van der Waals surface area contributed by atoms with E-state index in [0.29, 0.717) is 5.56 Å². The minimum absolute atomic E-state index is 0.115. The number of benzene rings is 2. The first-order chi connectivity index (χ1) is 10.3. The fourth-order valence-corrected chi connectivity index (χ4v) is 2.43. The van der Waals surface area contributed by atoms with Gasteiger partial charge >= 0.3 is 0 Å². The molecule has 0 radical (unpaired) electrons. The Kier molecular flexibility index (Phi) is 3.53. The van der Waals surface area contributed by atoms with E-state index in [9.17, 15) is 0 Å². The van der Waals surface area contributed by atoms with Gasteiger partial charge in [0.2, 0.25) is 0 Å². The van der Waals surface area contributed by atoms with Crippen molar-refractivity contribution in [1.29, 1.82) is 5.26 Å². The van der Waals surface area contributed by atoms with Gasteiger partial charge < -0.3 is 5.32 Å². The quantitative estimate of drug-likeness (QED) is 0.774. The lowest BCUT2D eigenvalue weighted by Gasteiger charge is -2.17. The van der Waals surface area contributed by atoms with Crippen LogP contribution in [-0.2, 0) is 0 Å². The first-order valence-corrected chi connectivity index (χ1v) is 6.87. The van der Waals surface area contributed by atoms with Crippen LogP contribution in [0.3, 0.4) is 0 Å². The third kappa shape index (κ3) is 2.70. The zero-order valence-corrected chi connectivity index (χ0v) is 11.7. The predicted molar refractivity (Wildman–Crippen MR) is 84.9 cm³/mol. The van der Waals surface area contributed by atoms with Crippen LogP contribution in [0.1, 0.15) is 24.1 Å². The predicted octanol–water partition coefficient (Wildman–Crippen LogP) is 4.28. The molecule has 1 atom stereocenters. The molecule has 0 bridgehead atoms. The van der Waals surface area contributed by atoms with Gasteiger partial charge in [0.1, 0.15) is 0 Å². The Bertz CT molecular complexity index is 813. The van der Waals surface area contributed by atoms with Gasteiger partial charge in [-0.1, -0.05) is 24.3 Å². The third-order valence-corrected chi connectivity index (χ3v) is 3.57. The van der Waals surface area contributed by atoms with Gasteiger partial charge in [0, 0.05) is 29.5 Å². The van der Waals surface area contributed by atoms with E-state index in [4.69, 9.17) is 5.26 Å². The van der Waals surface area contributed by atoms with Crippen LogP contribution in [0, 0.1) is 11.3 Å². The first kappa shape index (κ1) is 13.1. The number of rotatable bonds is 3. The van der Waals surface area contributed by atoms with Crippen molar-refractivity contribution in [2.75, 3.05) is 5.32 Å². The average molecular weight is 273 g/mol. The molecular formula is C18H15N3. The molecule has 21 heavy (non-hydrogen) atoms. The number of aromatic nitrogens is 1. The molecule has 0 aliphatic carbocycles. The zero-order valence-electron chi connectivity index (χ0n) is 11.7. The summed E-state index contributed by atoms with van der Waals surface area (Å²) in [5.41, 5.74) is 2.83. The van der Waals surface area contributed by atoms with Crippen molar-refractivity contribution in [2.24, 2.45) is 0 Å². The van der Waals surface area contributed by atoms with E-state index in [2.05, 4.69) is 35.4 Å². The number of nitrogens with zero attached hydrogens (tertiary/aromatic N) is 2. The van der Waals surface area contributed by atoms with Gasteiger partial charge in [-0.15, -0.1) is 0 Å². The summed E-state index contributed by atoms with van der Waals surface area (Å²) in [6.07, 6.45) is 3.67. The van der Waals surface area contributed by atoms with Gasteiger partial charge in [-0.3, -0.25) is 4.98 Å². The second-order valence-corrected chi connectivity index (χ2v) is 5.01. The number of pyridine rings is 1. The summed E-state index contributed by atoms with van der Waals surface area (Å²) in [7, 11) is 0. The normalized spacial score (nSPS) is 11.8. The minimum Gasteiger partial charge on any atom is -0.378 e. The molecule has 0 saturated carbocycles. The Labute approximate surface area is 123 Å². The summed E-state index contributed by atoms with van der Waals surface area (Å²) in [5.74, 6) is 0.